The first-order valence-corrected chi connectivity index (χ1v) is 10.4. The summed E-state index contributed by atoms with van der Waals surface area (Å²) < 4.78 is 31.6. The van der Waals surface area contributed by atoms with Crippen LogP contribution in [0.2, 0.25) is 0 Å². The van der Waals surface area contributed by atoms with Crippen LogP contribution in [0.5, 0.6) is 5.75 Å². The third kappa shape index (κ3) is 4.85. The van der Waals surface area contributed by atoms with Gasteiger partial charge in [0.25, 0.3) is 0 Å². The Morgan fingerprint density at radius 2 is 1.88 bits per heavy atom. The van der Waals surface area contributed by atoms with Crippen LogP contribution in [0.1, 0.15) is 19.3 Å². The van der Waals surface area contributed by atoms with Crippen LogP contribution in [0, 0.1) is 0 Å². The maximum Gasteiger partial charge on any atom is 0.317 e. The summed E-state index contributed by atoms with van der Waals surface area (Å²) in [4.78, 5) is 13.9. The Labute approximate surface area is 149 Å². The van der Waals surface area contributed by atoms with Crippen LogP contribution < -0.4 is 10.1 Å². The number of nitrogens with zero attached hydrogens (tertiary/aromatic N) is 2. The van der Waals surface area contributed by atoms with E-state index in [-0.39, 0.29) is 24.4 Å². The molecular formula is C17H25N3O4S. The predicted molar refractivity (Wildman–Crippen MR) is 95.0 cm³/mol. The van der Waals surface area contributed by atoms with Gasteiger partial charge in [0.15, 0.2) is 0 Å². The van der Waals surface area contributed by atoms with Crippen LogP contribution in [-0.2, 0) is 10.0 Å². The molecule has 7 nitrogen and oxygen atoms in total. The SMILES string of the molecule is O=C(NCCS(=O)(=O)N1CCCC1)N1CC[C@@H](Oc2ccccc2)C1. The zero-order valence-electron chi connectivity index (χ0n) is 14.3. The van der Waals surface area contributed by atoms with Crippen molar-refractivity contribution in [3.63, 3.8) is 0 Å². The summed E-state index contributed by atoms with van der Waals surface area (Å²) in [7, 11) is -3.26. The van der Waals surface area contributed by atoms with E-state index in [1.165, 1.54) is 4.31 Å². The molecule has 0 spiro atoms. The highest BCUT2D eigenvalue weighted by Crippen LogP contribution is 2.18. The highest BCUT2D eigenvalue weighted by molar-refractivity contribution is 7.89. The molecular weight excluding hydrogens is 342 g/mol. The molecule has 3 rings (SSSR count). The number of hydrogen-bond acceptors (Lipinski definition) is 4. The van der Waals surface area contributed by atoms with E-state index in [0.717, 1.165) is 25.0 Å². The van der Waals surface area contributed by atoms with Gasteiger partial charge in [0.2, 0.25) is 10.0 Å². The van der Waals surface area contributed by atoms with Crippen LogP contribution in [0.3, 0.4) is 0 Å². The highest BCUT2D eigenvalue weighted by Gasteiger charge is 2.28. The molecule has 0 unspecified atom stereocenters. The van der Waals surface area contributed by atoms with E-state index in [0.29, 0.717) is 26.2 Å². The number of carbonyl (C=O) groups is 1. The highest BCUT2D eigenvalue weighted by atomic mass is 32.2. The van der Waals surface area contributed by atoms with Crippen molar-refractivity contribution in [2.24, 2.45) is 0 Å². The Morgan fingerprint density at radius 1 is 1.16 bits per heavy atom. The summed E-state index contributed by atoms with van der Waals surface area (Å²) in [5, 5.41) is 2.71. The number of sulfonamides is 1. The molecule has 2 heterocycles. The molecule has 1 N–H and O–H groups in total. The summed E-state index contributed by atoms with van der Waals surface area (Å²) in [6, 6.07) is 9.32. The van der Waals surface area contributed by atoms with E-state index in [4.69, 9.17) is 4.74 Å². The normalized spacial score (nSPS) is 21.4. The number of urea groups is 1. The molecule has 1 aromatic rings. The third-order valence-electron chi connectivity index (χ3n) is 4.57. The number of benzene rings is 1. The smallest absolute Gasteiger partial charge is 0.317 e. The van der Waals surface area contributed by atoms with Crippen molar-refractivity contribution in [2.45, 2.75) is 25.4 Å². The lowest BCUT2D eigenvalue weighted by molar-refractivity contribution is 0.187. The van der Waals surface area contributed by atoms with Gasteiger partial charge in [-0.25, -0.2) is 17.5 Å². The summed E-state index contributed by atoms with van der Waals surface area (Å²) in [6.45, 7) is 2.46. The number of amides is 2. The minimum atomic E-state index is -3.26. The average Bonchev–Trinajstić information content (AvgIpc) is 3.28. The van der Waals surface area contributed by atoms with Crippen LogP contribution in [0.15, 0.2) is 30.3 Å². The molecule has 0 bridgehead atoms. The third-order valence-corrected chi connectivity index (χ3v) is 6.44. The van der Waals surface area contributed by atoms with Gasteiger partial charge in [0, 0.05) is 32.6 Å². The second-order valence-corrected chi connectivity index (χ2v) is 8.53. The molecule has 0 saturated carbocycles. The Bertz CT molecular complexity index is 674. The van der Waals surface area contributed by atoms with E-state index in [1.807, 2.05) is 30.3 Å². The fraction of sp³-hybridized carbons (Fsp3) is 0.588. The van der Waals surface area contributed by atoms with Crippen molar-refractivity contribution in [1.82, 2.24) is 14.5 Å². The van der Waals surface area contributed by atoms with Gasteiger partial charge in [-0.3, -0.25) is 0 Å². The first-order chi connectivity index (χ1) is 12.0. The van der Waals surface area contributed by atoms with Gasteiger partial charge in [-0.2, -0.15) is 0 Å². The van der Waals surface area contributed by atoms with Gasteiger partial charge in [-0.15, -0.1) is 0 Å². The fourth-order valence-electron chi connectivity index (χ4n) is 3.19. The van der Waals surface area contributed by atoms with Crippen molar-refractivity contribution >= 4 is 16.1 Å². The standard InChI is InChI=1S/C17H25N3O4S/c21-17(18-9-13-25(22,23)20-10-4-5-11-20)19-12-8-16(14-19)24-15-6-2-1-3-7-15/h1-3,6-7,16H,4-5,8-14H2,(H,18,21)/t16-/m1/s1. The van der Waals surface area contributed by atoms with Gasteiger partial charge in [-0.1, -0.05) is 18.2 Å². The van der Waals surface area contributed by atoms with E-state index in [1.54, 1.807) is 4.90 Å². The molecule has 138 valence electrons. The second-order valence-electron chi connectivity index (χ2n) is 6.44. The van der Waals surface area contributed by atoms with Crippen LogP contribution in [-0.4, -0.2) is 68.2 Å². The molecule has 2 amide bonds. The largest absolute Gasteiger partial charge is 0.489 e. The van der Waals surface area contributed by atoms with Crippen molar-refractivity contribution in [3.8, 4) is 5.75 Å². The van der Waals surface area contributed by atoms with Crippen molar-refractivity contribution in [3.05, 3.63) is 30.3 Å². The minimum Gasteiger partial charge on any atom is -0.489 e. The molecule has 0 aromatic heterocycles. The predicted octanol–water partition coefficient (Wildman–Crippen LogP) is 1.27. The number of likely N-dealkylation sites (tertiary alicyclic amines) is 1. The van der Waals surface area contributed by atoms with Crippen molar-refractivity contribution in [1.29, 1.82) is 0 Å². The first-order valence-electron chi connectivity index (χ1n) is 8.77. The van der Waals surface area contributed by atoms with Crippen LogP contribution in [0.4, 0.5) is 4.79 Å². The zero-order chi connectivity index (χ0) is 17.7. The van der Waals surface area contributed by atoms with Crippen molar-refractivity contribution < 1.29 is 17.9 Å². The molecule has 8 heteroatoms. The molecule has 0 aliphatic carbocycles. The van der Waals surface area contributed by atoms with E-state index < -0.39 is 10.0 Å². The fourth-order valence-corrected chi connectivity index (χ4v) is 4.63. The molecule has 1 aromatic carbocycles. The van der Waals surface area contributed by atoms with Crippen LogP contribution >= 0.6 is 0 Å². The molecule has 2 saturated heterocycles. The van der Waals surface area contributed by atoms with E-state index >= 15 is 0 Å². The number of para-hydroxylation sites is 1. The second kappa shape index (κ2) is 8.05. The Morgan fingerprint density at radius 3 is 2.60 bits per heavy atom. The summed E-state index contributed by atoms with van der Waals surface area (Å²) in [6.07, 6.45) is 2.58. The monoisotopic (exact) mass is 367 g/mol. The molecule has 0 radical (unpaired) electrons. The lowest BCUT2D eigenvalue weighted by Crippen LogP contribution is -2.42. The summed E-state index contributed by atoms with van der Waals surface area (Å²) in [5.41, 5.74) is 0. The maximum atomic E-state index is 12.2. The maximum absolute atomic E-state index is 12.2. The number of rotatable bonds is 6. The molecule has 2 aliphatic rings. The van der Waals surface area contributed by atoms with E-state index in [9.17, 15) is 13.2 Å². The molecule has 2 aliphatic heterocycles. The quantitative estimate of drug-likeness (QED) is 0.821. The van der Waals surface area contributed by atoms with Gasteiger partial charge in [0.05, 0.1) is 12.3 Å². The number of carbonyl (C=O) groups excluding carboxylic acids is 1. The van der Waals surface area contributed by atoms with Gasteiger partial charge >= 0.3 is 6.03 Å². The minimum absolute atomic E-state index is 0.0264. The number of ether oxygens (including phenoxy) is 1. The lowest BCUT2D eigenvalue weighted by Gasteiger charge is -2.19. The first kappa shape index (κ1) is 18.0. The molecule has 2 fully saturated rings. The lowest BCUT2D eigenvalue weighted by atomic mass is 10.3. The van der Waals surface area contributed by atoms with Crippen molar-refractivity contribution in [2.75, 3.05) is 38.5 Å². The Hall–Kier alpha value is -1.80. The van der Waals surface area contributed by atoms with E-state index in [2.05, 4.69) is 5.32 Å². The Balaban J connectivity index is 1.40. The summed E-state index contributed by atoms with van der Waals surface area (Å²) >= 11 is 0. The number of hydrogen-bond donors (Lipinski definition) is 1. The molecule has 1 atom stereocenters. The van der Waals surface area contributed by atoms with Crippen LogP contribution in [0.25, 0.3) is 0 Å². The van der Waals surface area contributed by atoms with Gasteiger partial charge < -0.3 is 15.0 Å². The zero-order valence-corrected chi connectivity index (χ0v) is 15.1. The van der Waals surface area contributed by atoms with Gasteiger partial charge in [-0.05, 0) is 25.0 Å². The topological polar surface area (TPSA) is 79.0 Å². The number of nitrogens with one attached hydrogen (secondary N) is 1. The molecule has 25 heavy (non-hydrogen) atoms. The summed E-state index contributed by atoms with van der Waals surface area (Å²) in [5.74, 6) is 0.753. The average molecular weight is 367 g/mol. The van der Waals surface area contributed by atoms with Gasteiger partial charge in [0.1, 0.15) is 11.9 Å². The Kier molecular flexibility index (Phi) is 5.80.